The van der Waals surface area contributed by atoms with Gasteiger partial charge in [-0.1, -0.05) is 67.0 Å². The molecule has 0 saturated heterocycles. The van der Waals surface area contributed by atoms with Crippen molar-refractivity contribution in [2.45, 2.75) is 101 Å². The Labute approximate surface area is 721 Å². The van der Waals surface area contributed by atoms with Crippen LogP contribution in [0.3, 0.4) is 0 Å². The van der Waals surface area contributed by atoms with Crippen LogP contribution >= 0.6 is 91.8 Å². The first kappa shape index (κ1) is 63.0. The molecule has 4 aromatic carbocycles. The Morgan fingerprint density at radius 3 is 0.888 bits per heavy atom. The van der Waals surface area contributed by atoms with Crippen LogP contribution in [0, 0.1) is 55.3 Å². The number of Topliss-reactive ketones (excluding diaryl/α,β-unsaturated/α-hetero) is 4. The predicted octanol–water partition coefficient (Wildman–Crippen LogP) is 15.8. The van der Waals surface area contributed by atoms with E-state index in [2.05, 4.69) is 20.6 Å². The Bertz CT molecular complexity index is 7340. The Balaban J connectivity index is 0.000000152. The van der Waals surface area contributed by atoms with Crippen molar-refractivity contribution in [3.8, 4) is 46.0 Å². The van der Waals surface area contributed by atoms with Crippen LogP contribution in [-0.4, -0.2) is 105 Å². The van der Waals surface area contributed by atoms with Gasteiger partial charge in [0.25, 0.3) is 63.6 Å². The standard InChI is InChI=1S/4C18H15ClN2O6S2/c4*1-9-5-13-14(26-8-25-13)7-11(9)6-12(22)17-15(3-4-28-17)29(23,24)21-18-16(19)10(2)20-27-18/h4*3-5,7,21H,6,8H2,1-2H3/i5D,7D,8D2;5D,7D,8D;1D3,5D,7D;5D,7D/hD4. The van der Waals surface area contributed by atoms with Gasteiger partial charge in [0.15, 0.2) is 74.8 Å². The number of thiophene rings is 4. The summed E-state index contributed by atoms with van der Waals surface area (Å²) in [6.45, 7) is 3.16. The molecule has 0 spiro atoms. The number of halogens is 4. The minimum Gasteiger partial charge on any atom is -0.454 e. The number of ketones is 4. The molecule has 12 aromatic rings. The van der Waals surface area contributed by atoms with Crippen molar-refractivity contribution in [3.63, 3.8) is 0 Å². The number of ether oxygens (including phenoxy) is 8. The summed E-state index contributed by atoms with van der Waals surface area (Å²) in [7, 11) is -18.3. The number of rotatable bonds is 24. The fourth-order valence-corrected chi connectivity index (χ4v) is 20.1. The number of nitrogens with one attached hydrogen (secondary N) is 4. The molecule has 32 nitrogen and oxygen atoms in total. The summed E-state index contributed by atoms with van der Waals surface area (Å²) in [5, 5.41) is 18.9. The summed E-state index contributed by atoms with van der Waals surface area (Å²) in [6, 6.07) is 2.65. The summed E-state index contributed by atoms with van der Waals surface area (Å²) in [4.78, 5) is 49.9. The van der Waals surface area contributed by atoms with Gasteiger partial charge in [0.1, 0.15) is 66.6 Å². The number of sulfonamides is 4. The number of carbonyl (C=O) groups excluding carboxylic acids is 4. The second kappa shape index (κ2) is 34.1. The molecule has 0 fully saturated rings. The SMILES string of the molecule is [2H]c1c(C)c(CC(=O)c2sccc2S(=O)(=O)N([2H])c2onc(C)c2Cl)c([2H])c2c1OC([2H])([2H])O2.[2H]c1c(C)c(CC(=O)c2sccc2S(=O)(=O)N([2H])c2onc(C)c2Cl)c([2H])c2c1OC([2H])O2.[2H]c1c(C)c(CC(=O)c2sccc2S(=O)(=O)N([2H])c2onc(C)c2Cl)c([2H])c2c1OCO2.[2H]c1c(CC(=O)c2sccc2S(=O)(=O)N([2H])c2onc(C)c2Cl)c(C([2H])([2H])[2H])c([2H])c2c1OCO2. The fourth-order valence-electron chi connectivity index (χ4n) is 10.2. The number of anilines is 4. The lowest BCUT2D eigenvalue weighted by molar-refractivity contribution is 0.0985. The average molecular weight is 1840 g/mol. The van der Waals surface area contributed by atoms with Crippen LogP contribution in [0.2, 0.25) is 25.7 Å². The number of benzene rings is 4. The highest BCUT2D eigenvalue weighted by Crippen LogP contribution is 2.42. The first-order valence-corrected chi connectivity index (χ1v) is 43.1. The van der Waals surface area contributed by atoms with Crippen LogP contribution < -0.4 is 56.8 Å². The van der Waals surface area contributed by atoms with Crippen molar-refractivity contribution in [1.82, 2.24) is 20.6 Å². The minimum absolute atomic E-state index is 0.000426. The normalized spacial score (nSPS) is 16.3. The zero-order valence-electron chi connectivity index (χ0n) is 77.6. The quantitative estimate of drug-likeness (QED) is 0.0408. The first-order valence-electron chi connectivity index (χ1n) is 41.1. The molecule has 4 aliphatic heterocycles. The first-order chi connectivity index (χ1) is 62.5. The van der Waals surface area contributed by atoms with Gasteiger partial charge in [-0.2, -0.15) is 0 Å². The Morgan fingerprint density at radius 2 is 0.621 bits per heavy atom. The lowest BCUT2D eigenvalue weighted by Crippen LogP contribution is -2.16. The molecule has 608 valence electrons. The number of aryl methyl sites for hydroxylation is 4. The summed E-state index contributed by atoms with van der Waals surface area (Å²) in [5.74, 6) is -5.74. The lowest BCUT2D eigenvalue weighted by Gasteiger charge is -2.09. The van der Waals surface area contributed by atoms with Gasteiger partial charge in [-0.25, -0.2) is 52.5 Å². The van der Waals surface area contributed by atoms with Crippen LogP contribution in [0.15, 0.2) is 132 Å². The third-order valence-electron chi connectivity index (χ3n) is 16.0. The van der Waals surface area contributed by atoms with E-state index in [4.69, 9.17) is 127 Å². The van der Waals surface area contributed by atoms with Crippen LogP contribution in [0.4, 0.5) is 23.5 Å². The van der Waals surface area contributed by atoms with Crippen molar-refractivity contribution in [2.75, 3.05) is 46.0 Å². The van der Waals surface area contributed by atoms with Crippen LogP contribution in [-0.2, 0) is 65.8 Å². The molecule has 1 unspecified atom stereocenters. The summed E-state index contributed by atoms with van der Waals surface area (Å²) in [5.41, 5.74) is 1.14. The van der Waals surface area contributed by atoms with Crippen LogP contribution in [0.5, 0.6) is 46.0 Å². The molecule has 0 amide bonds. The molecule has 1 atom stereocenters. The monoisotopic (exact) mass is 1830 g/mol. The number of nitrogens with zero attached hydrogens (tertiary/aromatic N) is 4. The summed E-state index contributed by atoms with van der Waals surface area (Å²) >= 11 is 27.2. The molecular weight excluding hydrogens is 1760 g/mol. The molecule has 0 radical (unpaired) electrons. The van der Waals surface area contributed by atoms with E-state index >= 15 is 0 Å². The predicted molar refractivity (Wildman–Crippen MR) is 427 cm³/mol. The second-order valence-corrected chi connectivity index (χ2v) is 35.4. The Kier molecular flexibility index (Phi) is 18.5. The average Bonchev–Trinajstić information content (AvgIpc) is 1.52. The van der Waals surface area contributed by atoms with Gasteiger partial charge >= 0.3 is 0 Å². The van der Waals surface area contributed by atoms with Crippen LogP contribution in [0.1, 0.15) is 125 Å². The van der Waals surface area contributed by atoms with Gasteiger partial charge in [-0.3, -0.25) is 19.2 Å². The maximum Gasteiger partial charge on any atom is 0.265 e. The largest absolute Gasteiger partial charge is 0.454 e. The van der Waals surface area contributed by atoms with Gasteiger partial charge in [0.2, 0.25) is 27.1 Å². The van der Waals surface area contributed by atoms with Crippen molar-refractivity contribution >= 4 is 179 Å². The molecule has 44 heteroatoms. The maximum atomic E-state index is 13.2. The second-order valence-electron chi connectivity index (χ2n) is 23.9. The summed E-state index contributed by atoms with van der Waals surface area (Å²) < 4.78 is 309. The van der Waals surface area contributed by atoms with Gasteiger partial charge in [-0.15, -0.1) is 45.3 Å². The molecule has 16 rings (SSSR count). The zero-order chi connectivity index (χ0) is 98.6. The smallest absolute Gasteiger partial charge is 0.265 e. The Morgan fingerprint density at radius 1 is 0.388 bits per heavy atom. The van der Waals surface area contributed by atoms with Gasteiger partial charge < -0.3 is 56.0 Å². The molecule has 0 aliphatic carbocycles. The van der Waals surface area contributed by atoms with Gasteiger partial charge in [0, 0.05) is 29.8 Å². The molecule has 8 aromatic heterocycles. The van der Waals surface area contributed by atoms with Crippen molar-refractivity contribution in [2.24, 2.45) is 0 Å². The van der Waals surface area contributed by atoms with E-state index in [1.165, 1.54) is 75.2 Å². The van der Waals surface area contributed by atoms with E-state index in [9.17, 15) is 52.8 Å². The molecule has 0 bridgehead atoms. The zero-order valence-corrected chi connectivity index (χ0v) is 69.1. The molecular formula is C72H60Cl4N8O24S8. The highest BCUT2D eigenvalue weighted by Gasteiger charge is 2.34. The third-order valence-corrected chi connectivity index (χ3v) is 27.3. The van der Waals surface area contributed by atoms with Crippen molar-refractivity contribution in [3.05, 3.63) is 201 Å². The third kappa shape index (κ3) is 18.1. The molecule has 4 N–H and O–H groups in total. The Hall–Kier alpha value is -10.2. The highest BCUT2D eigenvalue weighted by molar-refractivity contribution is 7.94. The van der Waals surface area contributed by atoms with E-state index in [0.29, 0.717) is 5.56 Å². The highest BCUT2D eigenvalue weighted by atomic mass is 35.5. The van der Waals surface area contributed by atoms with Crippen molar-refractivity contribution in [1.29, 1.82) is 0 Å². The van der Waals surface area contributed by atoms with E-state index in [1.54, 1.807) is 6.92 Å². The van der Waals surface area contributed by atoms with E-state index in [0.717, 1.165) is 57.5 Å². The van der Waals surface area contributed by atoms with E-state index < -0.39 is 164 Å². The van der Waals surface area contributed by atoms with Crippen molar-refractivity contribution < 1.29 is 134 Å². The number of carbonyl (C=O) groups is 4. The molecule has 0 saturated carbocycles. The number of aromatic nitrogens is 4. The summed E-state index contributed by atoms with van der Waals surface area (Å²) in [6.07, 6.45) is -1.92. The molecule has 116 heavy (non-hydrogen) atoms. The molecule has 4 aliphatic rings. The van der Waals surface area contributed by atoms with Crippen LogP contribution in [0.25, 0.3) is 0 Å². The van der Waals surface area contributed by atoms with Gasteiger partial charge in [0.05, 0.1) is 30.5 Å². The lowest BCUT2D eigenvalue weighted by atomic mass is 10.0. The fraction of sp³-hybridized carbons (Fsp3) is 0.222. The number of hydrogen-bond acceptors (Lipinski definition) is 32. The van der Waals surface area contributed by atoms with Gasteiger partial charge in [-0.05, 0) is 194 Å². The van der Waals surface area contributed by atoms with E-state index in [-0.39, 0.29) is 217 Å². The minimum atomic E-state index is -4.66. The van der Waals surface area contributed by atoms with E-state index in [1.807, 2.05) is 0 Å². The number of fused-ring (bicyclic) bond motifs is 4. The molecule has 12 heterocycles. The maximum absolute atomic E-state index is 13.2. The topological polar surface area (TPSA) is 431 Å². The number of hydrogen-bond donors (Lipinski definition) is 4.